The molecule has 0 aromatic heterocycles. The molecule has 2 amide bonds. The van der Waals surface area contributed by atoms with Crippen molar-refractivity contribution in [2.24, 2.45) is 0 Å². The van der Waals surface area contributed by atoms with E-state index in [1.165, 1.54) is 0 Å². The molecule has 0 aliphatic rings. The van der Waals surface area contributed by atoms with Crippen molar-refractivity contribution in [3.63, 3.8) is 0 Å². The molecule has 0 rings (SSSR count). The molecule has 0 aromatic carbocycles. The number of amides is 2. The van der Waals surface area contributed by atoms with Gasteiger partial charge in [0.1, 0.15) is 26.2 Å². The summed E-state index contributed by atoms with van der Waals surface area (Å²) in [4.78, 5) is 67.0. The molecule has 0 radical (unpaired) electrons. The summed E-state index contributed by atoms with van der Waals surface area (Å²) in [7, 11) is 0. The number of carboxylic acids is 4. The van der Waals surface area contributed by atoms with Gasteiger partial charge in [-0.15, -0.1) is 0 Å². The van der Waals surface area contributed by atoms with Crippen LogP contribution in [-0.4, -0.2) is 181 Å². The van der Waals surface area contributed by atoms with E-state index in [9.17, 15) is 39.0 Å². The number of aliphatic hydroxyl groups is 2. The van der Waals surface area contributed by atoms with Gasteiger partial charge in [-0.05, 0) is 25.7 Å². The van der Waals surface area contributed by atoms with Gasteiger partial charge in [-0.25, -0.2) is 9.59 Å². The molecule has 0 aliphatic carbocycles. The summed E-state index contributed by atoms with van der Waals surface area (Å²) in [6, 6.07) is 0. The summed E-state index contributed by atoms with van der Waals surface area (Å²) in [5.74, 6) is -5.49. The number of aliphatic carboxylic acids is 4. The number of carboxylic acid groups (broad SMARTS) is 4. The zero-order chi connectivity index (χ0) is 35.4. The maximum atomic E-state index is 11.6. The molecule has 17 heteroatoms. The zero-order valence-electron chi connectivity index (χ0n) is 27.7. The number of carbonyl (C=O) groups excluding carboxylic acids is 4. The molecule has 0 aromatic rings. The predicted octanol–water partition coefficient (Wildman–Crippen LogP) is -3.40. The first-order valence-electron chi connectivity index (χ1n) is 15.3. The van der Waals surface area contributed by atoms with Crippen LogP contribution in [0.2, 0.25) is 0 Å². The van der Waals surface area contributed by atoms with E-state index in [4.69, 9.17) is 20.4 Å². The fourth-order valence-electron chi connectivity index (χ4n) is 4.55. The predicted molar refractivity (Wildman–Crippen MR) is 168 cm³/mol. The van der Waals surface area contributed by atoms with Crippen LogP contribution in [0.4, 0.5) is 0 Å². The van der Waals surface area contributed by atoms with E-state index in [0.717, 1.165) is 12.8 Å². The smallest absolute Gasteiger partial charge is 0.544 e. The molecule has 0 bridgehead atoms. The van der Waals surface area contributed by atoms with Crippen LogP contribution in [0.15, 0.2) is 24.3 Å². The summed E-state index contributed by atoms with van der Waals surface area (Å²) in [6.07, 6.45) is 11.4. The Balaban J connectivity index is -0.000000807. The third kappa shape index (κ3) is 28.2. The maximum Gasteiger partial charge on any atom is 2.00 e. The minimum absolute atomic E-state index is 0. The van der Waals surface area contributed by atoms with E-state index in [1.807, 2.05) is 38.2 Å². The van der Waals surface area contributed by atoms with Crippen molar-refractivity contribution >= 4 is 73.4 Å². The van der Waals surface area contributed by atoms with Crippen LogP contribution in [0.5, 0.6) is 0 Å². The number of rotatable bonds is 26. The summed E-state index contributed by atoms with van der Waals surface area (Å²) >= 11 is 0. The standard InChI is InChI=1S/2C15H26N2O6.Ca/c2*1-2-3-4-5-6-13(19)16-7-8-17(9-10-18,11-14(20)21)12-15(22)23;/h2*3-4,18H,2,5-12H2,1H3,(H2-,16,19,20,21,22,23);/q;;+2/b2*4-3+;. The van der Waals surface area contributed by atoms with Crippen LogP contribution >= 0.6 is 0 Å². The van der Waals surface area contributed by atoms with Crippen LogP contribution in [0, 0.1) is 0 Å². The van der Waals surface area contributed by atoms with E-state index in [0.29, 0.717) is 25.7 Å². The third-order valence-corrected chi connectivity index (χ3v) is 6.72. The summed E-state index contributed by atoms with van der Waals surface area (Å²) in [6.45, 7) is 1.72. The first-order chi connectivity index (χ1) is 21.7. The molecule has 0 heterocycles. The van der Waals surface area contributed by atoms with Gasteiger partial charge in [0.05, 0.1) is 51.3 Å². The van der Waals surface area contributed by atoms with Crippen LogP contribution < -0.4 is 20.8 Å². The van der Waals surface area contributed by atoms with Gasteiger partial charge in [-0.1, -0.05) is 38.2 Å². The van der Waals surface area contributed by atoms with Crippen molar-refractivity contribution in [3.8, 4) is 0 Å². The van der Waals surface area contributed by atoms with Crippen molar-refractivity contribution in [1.82, 2.24) is 10.6 Å². The van der Waals surface area contributed by atoms with Gasteiger partial charge in [0, 0.05) is 12.8 Å². The number of aliphatic hydroxyl groups excluding tert-OH is 2. The third-order valence-electron chi connectivity index (χ3n) is 6.72. The molecule has 264 valence electrons. The Morgan fingerprint density at radius 3 is 1.19 bits per heavy atom. The number of carbonyl (C=O) groups is 6. The average Bonchev–Trinajstić information content (AvgIpc) is 2.92. The van der Waals surface area contributed by atoms with Gasteiger partial charge in [-0.3, -0.25) is 9.59 Å². The minimum Gasteiger partial charge on any atom is -0.544 e. The van der Waals surface area contributed by atoms with Gasteiger partial charge >= 0.3 is 49.7 Å². The van der Waals surface area contributed by atoms with E-state index in [1.54, 1.807) is 0 Å². The van der Waals surface area contributed by atoms with E-state index < -0.39 is 50.1 Å². The molecule has 0 aliphatic heterocycles. The van der Waals surface area contributed by atoms with Crippen molar-refractivity contribution < 1.29 is 68.4 Å². The second-order valence-corrected chi connectivity index (χ2v) is 10.7. The van der Waals surface area contributed by atoms with Gasteiger partial charge in [-0.2, -0.15) is 0 Å². The maximum absolute atomic E-state index is 11.6. The van der Waals surface area contributed by atoms with Crippen LogP contribution in [0.3, 0.4) is 0 Å². The summed E-state index contributed by atoms with van der Waals surface area (Å²) in [5, 5.41) is 63.1. The number of nitrogens with one attached hydrogen (secondary N) is 2. The molecule has 0 spiro atoms. The molecule has 0 saturated carbocycles. The van der Waals surface area contributed by atoms with Crippen molar-refractivity contribution in [3.05, 3.63) is 24.3 Å². The SMILES string of the molecule is CC/C=C/CCC(=O)NCC[N+](CCO)(CC(=O)[O-])CC(=O)O.CC/C=C/CCC(=O)NCC[N+](CCO)(CC(=O)[O-])CC(=O)O.[Ca+2]. The van der Waals surface area contributed by atoms with Crippen LogP contribution in [0.1, 0.15) is 52.4 Å². The largest absolute Gasteiger partial charge is 2.00 e. The number of nitrogens with zero attached hydrogens (tertiary/aromatic N) is 2. The van der Waals surface area contributed by atoms with Crippen molar-refractivity contribution in [2.45, 2.75) is 52.4 Å². The monoisotopic (exact) mass is 700 g/mol. The van der Waals surface area contributed by atoms with Crippen LogP contribution in [0.25, 0.3) is 0 Å². The van der Waals surface area contributed by atoms with Crippen LogP contribution in [-0.2, 0) is 28.8 Å². The second-order valence-electron chi connectivity index (χ2n) is 10.7. The average molecular weight is 701 g/mol. The molecular weight excluding hydrogens is 648 g/mol. The first kappa shape index (κ1) is 48.8. The van der Waals surface area contributed by atoms with E-state index >= 15 is 0 Å². The normalized spacial score (nSPS) is 13.4. The molecule has 47 heavy (non-hydrogen) atoms. The molecule has 0 fully saturated rings. The Hall–Kier alpha value is -2.60. The van der Waals surface area contributed by atoms with Gasteiger partial charge in [0.25, 0.3) is 0 Å². The number of allylic oxidation sites excluding steroid dienone is 4. The van der Waals surface area contributed by atoms with Crippen molar-refractivity contribution in [2.75, 3.05) is 78.7 Å². The molecular formula is C30H52CaN4O12+2. The Bertz CT molecular complexity index is 897. The van der Waals surface area contributed by atoms with Gasteiger partial charge < -0.3 is 59.8 Å². The fourth-order valence-corrected chi connectivity index (χ4v) is 4.55. The Morgan fingerprint density at radius 2 is 0.936 bits per heavy atom. The Kier molecular flexibility index (Phi) is 30.7. The fraction of sp³-hybridized carbons (Fsp3) is 0.667. The number of hydrogen-bond donors (Lipinski definition) is 6. The summed E-state index contributed by atoms with van der Waals surface area (Å²) < 4.78 is -0.742. The Labute approximate surface area is 306 Å². The summed E-state index contributed by atoms with van der Waals surface area (Å²) in [5.41, 5.74) is 0. The first-order valence-corrected chi connectivity index (χ1v) is 15.3. The van der Waals surface area contributed by atoms with E-state index in [2.05, 4.69) is 10.6 Å². The van der Waals surface area contributed by atoms with Gasteiger partial charge in [0.2, 0.25) is 11.8 Å². The number of hydrogen-bond acceptors (Lipinski definition) is 10. The minimum atomic E-state index is -1.39. The van der Waals surface area contributed by atoms with Crippen molar-refractivity contribution in [1.29, 1.82) is 0 Å². The molecule has 2 atom stereocenters. The quantitative estimate of drug-likeness (QED) is 0.0294. The topological polar surface area (TPSA) is 254 Å². The number of quaternary nitrogens is 2. The molecule has 16 nitrogen and oxygen atoms in total. The van der Waals surface area contributed by atoms with Gasteiger partial charge in [0.15, 0.2) is 13.1 Å². The Morgan fingerprint density at radius 1 is 0.596 bits per heavy atom. The molecule has 6 N–H and O–H groups in total. The zero-order valence-corrected chi connectivity index (χ0v) is 29.9. The molecule has 2 unspecified atom stereocenters. The second kappa shape index (κ2) is 29.5. The van der Waals surface area contributed by atoms with E-state index in [-0.39, 0.29) is 111 Å². The molecule has 0 saturated heterocycles.